The van der Waals surface area contributed by atoms with Crippen molar-refractivity contribution in [1.82, 2.24) is 10.2 Å². The van der Waals surface area contributed by atoms with E-state index in [0.29, 0.717) is 6.54 Å². The maximum absolute atomic E-state index is 12.7. The molecular formula is C23H29N3O. The highest BCUT2D eigenvalue weighted by atomic mass is 16.2. The van der Waals surface area contributed by atoms with E-state index in [1.165, 1.54) is 35.2 Å². The number of hydrogen-bond acceptors (Lipinski definition) is 3. The second kappa shape index (κ2) is 8.13. The van der Waals surface area contributed by atoms with Crippen LogP contribution in [-0.4, -0.2) is 36.5 Å². The highest BCUT2D eigenvalue weighted by Crippen LogP contribution is 2.22. The molecule has 2 aliphatic heterocycles. The predicted octanol–water partition coefficient (Wildman–Crippen LogP) is 3.35. The third-order valence-corrected chi connectivity index (χ3v) is 5.94. The lowest BCUT2D eigenvalue weighted by Crippen LogP contribution is -2.46. The molecule has 4 nitrogen and oxygen atoms in total. The summed E-state index contributed by atoms with van der Waals surface area (Å²) in [7, 11) is 0. The van der Waals surface area contributed by atoms with Gasteiger partial charge in [0.1, 0.15) is 0 Å². The van der Waals surface area contributed by atoms with Crippen LogP contribution in [0.4, 0.5) is 5.69 Å². The van der Waals surface area contributed by atoms with Crippen LogP contribution in [-0.2, 0) is 24.3 Å². The Bertz CT molecular complexity index is 798. The smallest absolute Gasteiger partial charge is 0.237 e. The molecular weight excluding hydrogens is 334 g/mol. The summed E-state index contributed by atoms with van der Waals surface area (Å²) in [5, 5.41) is 3.14. The minimum absolute atomic E-state index is 0.111. The molecule has 0 spiro atoms. The van der Waals surface area contributed by atoms with E-state index in [4.69, 9.17) is 0 Å². The van der Waals surface area contributed by atoms with Gasteiger partial charge in [0.15, 0.2) is 0 Å². The van der Waals surface area contributed by atoms with Crippen LogP contribution in [0.15, 0.2) is 48.5 Å². The first-order valence-electron chi connectivity index (χ1n) is 10.1. The van der Waals surface area contributed by atoms with Gasteiger partial charge in [-0.25, -0.2) is 0 Å². The fourth-order valence-electron chi connectivity index (χ4n) is 4.19. The summed E-state index contributed by atoms with van der Waals surface area (Å²) >= 11 is 0. The van der Waals surface area contributed by atoms with Gasteiger partial charge in [-0.2, -0.15) is 0 Å². The predicted molar refractivity (Wildman–Crippen MR) is 110 cm³/mol. The van der Waals surface area contributed by atoms with E-state index in [-0.39, 0.29) is 11.9 Å². The third-order valence-electron chi connectivity index (χ3n) is 5.94. The Balaban J connectivity index is 1.33. The van der Waals surface area contributed by atoms with Gasteiger partial charge in [-0.1, -0.05) is 36.4 Å². The Hall–Kier alpha value is -2.33. The number of nitrogens with one attached hydrogen (secondary N) is 1. The monoisotopic (exact) mass is 363 g/mol. The summed E-state index contributed by atoms with van der Waals surface area (Å²) in [4.78, 5) is 17.4. The molecule has 2 aromatic carbocycles. The van der Waals surface area contributed by atoms with Gasteiger partial charge >= 0.3 is 0 Å². The molecule has 2 aromatic rings. The van der Waals surface area contributed by atoms with Crippen LogP contribution in [0.3, 0.4) is 0 Å². The van der Waals surface area contributed by atoms with Gasteiger partial charge in [0.25, 0.3) is 0 Å². The molecule has 2 heterocycles. The van der Waals surface area contributed by atoms with E-state index >= 15 is 0 Å². The lowest BCUT2D eigenvalue weighted by molar-refractivity contribution is -0.126. The molecule has 142 valence electrons. The molecule has 1 amide bonds. The minimum atomic E-state index is -0.111. The van der Waals surface area contributed by atoms with Crippen molar-refractivity contribution in [2.75, 3.05) is 24.5 Å². The van der Waals surface area contributed by atoms with Crippen molar-refractivity contribution in [2.24, 2.45) is 0 Å². The molecule has 0 radical (unpaired) electrons. The molecule has 27 heavy (non-hydrogen) atoms. The molecule has 1 N–H and O–H groups in total. The number of rotatable bonds is 5. The number of nitrogens with zero attached hydrogens (tertiary/aromatic N) is 2. The van der Waals surface area contributed by atoms with Gasteiger partial charge < -0.3 is 10.2 Å². The number of carbonyl (C=O) groups is 1. The topological polar surface area (TPSA) is 35.6 Å². The number of hydrogen-bond donors (Lipinski definition) is 1. The first kappa shape index (κ1) is 18.1. The zero-order chi connectivity index (χ0) is 18.6. The molecule has 1 fully saturated rings. The maximum atomic E-state index is 12.7. The minimum Gasteiger partial charge on any atom is -0.372 e. The van der Waals surface area contributed by atoms with Gasteiger partial charge in [-0.15, -0.1) is 0 Å². The van der Waals surface area contributed by atoms with E-state index in [9.17, 15) is 4.79 Å². The Morgan fingerprint density at radius 2 is 1.81 bits per heavy atom. The van der Waals surface area contributed by atoms with Crippen molar-refractivity contribution in [1.29, 1.82) is 0 Å². The van der Waals surface area contributed by atoms with Crippen LogP contribution in [0.5, 0.6) is 0 Å². The maximum Gasteiger partial charge on any atom is 0.237 e. The Kier molecular flexibility index (Phi) is 5.44. The van der Waals surface area contributed by atoms with Gasteiger partial charge in [-0.05, 0) is 55.0 Å². The Morgan fingerprint density at radius 1 is 1.04 bits per heavy atom. The zero-order valence-corrected chi connectivity index (χ0v) is 16.2. The van der Waals surface area contributed by atoms with Gasteiger partial charge in [-0.3, -0.25) is 9.69 Å². The largest absolute Gasteiger partial charge is 0.372 e. The van der Waals surface area contributed by atoms with Crippen molar-refractivity contribution in [2.45, 2.75) is 45.3 Å². The second-order valence-electron chi connectivity index (χ2n) is 7.75. The van der Waals surface area contributed by atoms with E-state index in [1.54, 1.807) is 0 Å². The summed E-state index contributed by atoms with van der Waals surface area (Å²) in [6.45, 7) is 6.69. The van der Waals surface area contributed by atoms with E-state index < -0.39 is 0 Å². The highest BCUT2D eigenvalue weighted by molar-refractivity contribution is 5.81. The van der Waals surface area contributed by atoms with E-state index in [0.717, 1.165) is 32.6 Å². The summed E-state index contributed by atoms with van der Waals surface area (Å²) in [6, 6.07) is 17.0. The summed E-state index contributed by atoms with van der Waals surface area (Å²) in [6.07, 6.45) is 3.57. The van der Waals surface area contributed by atoms with Gasteiger partial charge in [0.05, 0.1) is 6.04 Å². The normalized spacial score (nSPS) is 18.2. The standard InChI is InChI=1S/C23H29N3O/c1-18(26-14-11-20-8-2-3-9-21(20)17-26)23(27)24-16-19-7-6-10-22(15-19)25-12-4-5-13-25/h2-3,6-10,15,18H,4-5,11-14,16-17H2,1H3,(H,24,27)/t18-/m0/s1. The fourth-order valence-corrected chi connectivity index (χ4v) is 4.19. The first-order valence-corrected chi connectivity index (χ1v) is 10.1. The first-order chi connectivity index (χ1) is 13.2. The fraction of sp³-hybridized carbons (Fsp3) is 0.435. The van der Waals surface area contributed by atoms with Crippen LogP contribution in [0, 0.1) is 0 Å². The van der Waals surface area contributed by atoms with E-state index in [1.807, 2.05) is 6.92 Å². The van der Waals surface area contributed by atoms with Crippen LogP contribution >= 0.6 is 0 Å². The van der Waals surface area contributed by atoms with Crippen LogP contribution in [0.2, 0.25) is 0 Å². The van der Waals surface area contributed by atoms with Gasteiger partial charge in [0, 0.05) is 38.4 Å². The Morgan fingerprint density at radius 3 is 2.63 bits per heavy atom. The molecule has 0 aliphatic carbocycles. The second-order valence-corrected chi connectivity index (χ2v) is 7.75. The number of benzene rings is 2. The van der Waals surface area contributed by atoms with E-state index in [2.05, 4.69) is 63.6 Å². The lowest BCUT2D eigenvalue weighted by Gasteiger charge is -2.32. The van der Waals surface area contributed by atoms with Gasteiger partial charge in [0.2, 0.25) is 5.91 Å². The summed E-state index contributed by atoms with van der Waals surface area (Å²) in [5.41, 5.74) is 5.21. The number of fused-ring (bicyclic) bond motifs is 1. The molecule has 4 heteroatoms. The summed E-state index contributed by atoms with van der Waals surface area (Å²) < 4.78 is 0. The molecule has 2 aliphatic rings. The number of anilines is 1. The molecule has 1 atom stereocenters. The third kappa shape index (κ3) is 4.16. The lowest BCUT2D eigenvalue weighted by atomic mass is 9.99. The van der Waals surface area contributed by atoms with Crippen molar-refractivity contribution in [3.8, 4) is 0 Å². The molecule has 0 unspecified atom stereocenters. The molecule has 0 saturated carbocycles. The molecule has 4 rings (SSSR count). The molecule has 0 aromatic heterocycles. The van der Waals surface area contributed by atoms with Crippen LogP contribution in [0.1, 0.15) is 36.5 Å². The quantitative estimate of drug-likeness (QED) is 0.885. The zero-order valence-electron chi connectivity index (χ0n) is 16.2. The van der Waals surface area contributed by atoms with Crippen molar-refractivity contribution >= 4 is 11.6 Å². The van der Waals surface area contributed by atoms with Crippen molar-refractivity contribution in [3.63, 3.8) is 0 Å². The SMILES string of the molecule is C[C@@H](C(=O)NCc1cccc(N2CCCC2)c1)N1CCc2ccccc2C1. The highest BCUT2D eigenvalue weighted by Gasteiger charge is 2.25. The van der Waals surface area contributed by atoms with Crippen molar-refractivity contribution in [3.05, 3.63) is 65.2 Å². The average molecular weight is 364 g/mol. The summed E-state index contributed by atoms with van der Waals surface area (Å²) in [5.74, 6) is 0.112. The van der Waals surface area contributed by atoms with Crippen LogP contribution < -0.4 is 10.2 Å². The average Bonchev–Trinajstić information content (AvgIpc) is 3.26. The van der Waals surface area contributed by atoms with Crippen molar-refractivity contribution < 1.29 is 4.79 Å². The van der Waals surface area contributed by atoms with Crippen LogP contribution in [0.25, 0.3) is 0 Å². The Labute approximate surface area is 162 Å². The number of amides is 1. The molecule has 1 saturated heterocycles. The molecule has 0 bridgehead atoms. The number of carbonyl (C=O) groups excluding carboxylic acids is 1.